The van der Waals surface area contributed by atoms with Crippen molar-refractivity contribution in [2.45, 2.75) is 53.7 Å². The first-order valence-corrected chi connectivity index (χ1v) is 10.6. The molecule has 0 spiro atoms. The number of amides is 1. The summed E-state index contributed by atoms with van der Waals surface area (Å²) >= 11 is 1.61. The van der Waals surface area contributed by atoms with Gasteiger partial charge in [0.05, 0.1) is 11.6 Å². The van der Waals surface area contributed by atoms with Crippen LogP contribution in [0.25, 0.3) is 5.57 Å². The van der Waals surface area contributed by atoms with Crippen molar-refractivity contribution in [3.63, 3.8) is 0 Å². The largest absolute Gasteiger partial charge is 0.471 e. The summed E-state index contributed by atoms with van der Waals surface area (Å²) < 4.78 is 39.3. The van der Waals surface area contributed by atoms with Crippen molar-refractivity contribution in [3.05, 3.63) is 64.7 Å². The van der Waals surface area contributed by atoms with E-state index in [0.29, 0.717) is 31.2 Å². The Morgan fingerprint density at radius 1 is 1.03 bits per heavy atom. The monoisotopic (exact) mass is 426 g/mol. The molecule has 0 aromatic heterocycles. The molecular formula is C23H17F3N2OS. The van der Waals surface area contributed by atoms with E-state index in [9.17, 15) is 23.2 Å². The van der Waals surface area contributed by atoms with E-state index in [0.717, 1.165) is 37.0 Å². The van der Waals surface area contributed by atoms with Crippen molar-refractivity contribution < 1.29 is 18.0 Å². The average Bonchev–Trinajstić information content (AvgIpc) is 2.99. The first-order chi connectivity index (χ1) is 14.4. The fourth-order valence-corrected chi connectivity index (χ4v) is 6.12. The number of carbonyl (C=O) groups is 1. The van der Waals surface area contributed by atoms with Crippen LogP contribution >= 0.6 is 11.8 Å². The average molecular weight is 426 g/mol. The van der Waals surface area contributed by atoms with E-state index >= 15 is 0 Å². The molecule has 3 aliphatic heterocycles. The molecule has 0 saturated carbocycles. The number of carbonyl (C=O) groups excluding carboxylic acids is 1. The van der Waals surface area contributed by atoms with Gasteiger partial charge in [0.2, 0.25) is 0 Å². The number of nitriles is 1. The molecule has 0 N–H and O–H groups in total. The molecule has 2 aromatic carbocycles. The number of hydrogen-bond donors (Lipinski definition) is 0. The van der Waals surface area contributed by atoms with Crippen molar-refractivity contribution in [1.29, 1.82) is 5.26 Å². The number of fused-ring (bicyclic) bond motifs is 4. The fraction of sp³-hybridized carbons (Fsp3) is 0.304. The van der Waals surface area contributed by atoms with Gasteiger partial charge in [-0.15, -0.1) is 0 Å². The van der Waals surface area contributed by atoms with Gasteiger partial charge in [-0.25, -0.2) is 0 Å². The van der Waals surface area contributed by atoms with Gasteiger partial charge in [0, 0.05) is 21.9 Å². The number of halogens is 3. The molecule has 3 aliphatic rings. The highest BCUT2D eigenvalue weighted by atomic mass is 32.2. The van der Waals surface area contributed by atoms with Gasteiger partial charge in [-0.2, -0.15) is 18.4 Å². The second kappa shape index (κ2) is 6.92. The lowest BCUT2D eigenvalue weighted by molar-refractivity contribution is -0.189. The third-order valence-corrected chi connectivity index (χ3v) is 7.30. The van der Waals surface area contributed by atoms with Crippen molar-refractivity contribution >= 4 is 23.2 Å². The van der Waals surface area contributed by atoms with Crippen LogP contribution in [0.3, 0.4) is 0 Å². The molecule has 0 radical (unpaired) electrons. The zero-order valence-corrected chi connectivity index (χ0v) is 16.7. The molecular weight excluding hydrogens is 409 g/mol. The quantitative estimate of drug-likeness (QED) is 0.474. The van der Waals surface area contributed by atoms with Crippen molar-refractivity contribution in [2.75, 3.05) is 0 Å². The van der Waals surface area contributed by atoms with E-state index < -0.39 is 24.2 Å². The topological polar surface area (TPSA) is 44.1 Å². The summed E-state index contributed by atoms with van der Waals surface area (Å²) in [5, 5.41) is 9.27. The Morgan fingerprint density at radius 3 is 2.37 bits per heavy atom. The van der Waals surface area contributed by atoms with Gasteiger partial charge in [0.25, 0.3) is 0 Å². The van der Waals surface area contributed by atoms with Gasteiger partial charge < -0.3 is 4.90 Å². The van der Waals surface area contributed by atoms with Gasteiger partial charge in [-0.1, -0.05) is 41.6 Å². The number of benzene rings is 2. The molecule has 1 amide bonds. The molecule has 152 valence electrons. The molecule has 2 aromatic rings. The maximum atomic E-state index is 13.1. The van der Waals surface area contributed by atoms with E-state index in [1.54, 1.807) is 17.8 Å². The Hall–Kier alpha value is -2.72. The SMILES string of the molecule is N#Cc1ccc2c(c1)Sc1ccccc1C2=C1CC2CCC(C1)N2C(=O)C(F)(F)F. The number of nitrogens with zero attached hydrogens (tertiary/aromatic N) is 2. The van der Waals surface area contributed by atoms with Crippen LogP contribution in [0.1, 0.15) is 42.4 Å². The molecule has 3 heterocycles. The third kappa shape index (κ3) is 3.02. The zero-order valence-electron chi connectivity index (χ0n) is 15.9. The van der Waals surface area contributed by atoms with Crippen LogP contribution in [0.2, 0.25) is 0 Å². The maximum Gasteiger partial charge on any atom is 0.471 e. The van der Waals surface area contributed by atoms with Crippen LogP contribution in [-0.4, -0.2) is 29.1 Å². The molecule has 7 heteroatoms. The first-order valence-electron chi connectivity index (χ1n) is 9.80. The van der Waals surface area contributed by atoms with Crippen molar-refractivity contribution in [3.8, 4) is 6.07 Å². The van der Waals surface area contributed by atoms with Gasteiger partial charge in [0.1, 0.15) is 0 Å². The minimum Gasteiger partial charge on any atom is -0.328 e. The van der Waals surface area contributed by atoms with E-state index in [1.807, 2.05) is 36.4 Å². The Balaban J connectivity index is 1.61. The molecule has 3 nitrogen and oxygen atoms in total. The lowest BCUT2D eigenvalue weighted by Crippen LogP contribution is -2.50. The standard InChI is InChI=1S/C23H17F3N2OS/c24-23(25,26)22(29)28-15-6-7-16(28)11-14(10-15)21-17-3-1-2-4-19(17)30-20-9-13(12-27)5-8-18(20)21/h1-5,8-9,15-16H,6-7,10-11H2. The van der Waals surface area contributed by atoms with Crippen LogP contribution in [0, 0.1) is 11.3 Å². The summed E-state index contributed by atoms with van der Waals surface area (Å²) in [5.74, 6) is -1.71. The minimum absolute atomic E-state index is 0.413. The van der Waals surface area contributed by atoms with Crippen LogP contribution in [0.5, 0.6) is 0 Å². The molecule has 30 heavy (non-hydrogen) atoms. The molecule has 0 aliphatic carbocycles. The molecule has 2 fully saturated rings. The van der Waals surface area contributed by atoms with E-state index in [-0.39, 0.29) is 0 Å². The Kier molecular flexibility index (Phi) is 4.44. The molecule has 5 rings (SSSR count). The van der Waals surface area contributed by atoms with Crippen LogP contribution < -0.4 is 0 Å². The number of alkyl halides is 3. The van der Waals surface area contributed by atoms with E-state index in [1.165, 1.54) is 0 Å². The van der Waals surface area contributed by atoms with Crippen molar-refractivity contribution in [1.82, 2.24) is 4.90 Å². The predicted molar refractivity (Wildman–Crippen MR) is 107 cm³/mol. The van der Waals surface area contributed by atoms with Gasteiger partial charge >= 0.3 is 12.1 Å². The Bertz CT molecular complexity index is 1120. The lowest BCUT2D eigenvalue weighted by Gasteiger charge is -2.38. The van der Waals surface area contributed by atoms with Gasteiger partial charge in [-0.05, 0) is 60.6 Å². The van der Waals surface area contributed by atoms with Gasteiger partial charge in [0.15, 0.2) is 0 Å². The van der Waals surface area contributed by atoms with Gasteiger partial charge in [-0.3, -0.25) is 4.79 Å². The predicted octanol–water partition coefficient (Wildman–Crippen LogP) is 5.54. The third-order valence-electron chi connectivity index (χ3n) is 6.17. The summed E-state index contributed by atoms with van der Waals surface area (Å²) in [4.78, 5) is 15.1. The Labute approximate surface area is 176 Å². The minimum atomic E-state index is -4.83. The molecule has 2 atom stereocenters. The first kappa shape index (κ1) is 19.3. The number of rotatable bonds is 0. The highest BCUT2D eigenvalue weighted by Gasteiger charge is 2.51. The van der Waals surface area contributed by atoms with Crippen molar-refractivity contribution in [2.24, 2.45) is 0 Å². The lowest BCUT2D eigenvalue weighted by atomic mass is 9.85. The molecule has 2 unspecified atom stereocenters. The van der Waals surface area contributed by atoms with Crippen LogP contribution in [-0.2, 0) is 4.79 Å². The van der Waals surface area contributed by atoms with E-state index in [2.05, 4.69) is 6.07 Å². The summed E-state index contributed by atoms with van der Waals surface area (Å²) in [7, 11) is 0. The summed E-state index contributed by atoms with van der Waals surface area (Å²) in [5.41, 5.74) is 4.83. The second-order valence-electron chi connectivity index (χ2n) is 7.90. The zero-order chi connectivity index (χ0) is 21.0. The molecule has 2 saturated heterocycles. The summed E-state index contributed by atoms with van der Waals surface area (Å²) in [6.45, 7) is 0. The van der Waals surface area contributed by atoms with Crippen LogP contribution in [0.4, 0.5) is 13.2 Å². The second-order valence-corrected chi connectivity index (χ2v) is 8.99. The smallest absolute Gasteiger partial charge is 0.328 e. The fourth-order valence-electron chi connectivity index (χ4n) is 4.99. The highest BCUT2D eigenvalue weighted by Crippen LogP contribution is 2.50. The summed E-state index contributed by atoms with van der Waals surface area (Å²) in [6, 6.07) is 14.9. The van der Waals surface area contributed by atoms with Crippen LogP contribution in [0.15, 0.2) is 57.8 Å². The highest BCUT2D eigenvalue weighted by molar-refractivity contribution is 7.99. The summed E-state index contributed by atoms with van der Waals surface area (Å²) in [6.07, 6.45) is -2.74. The Morgan fingerprint density at radius 2 is 1.70 bits per heavy atom. The number of piperidine rings is 1. The van der Waals surface area contributed by atoms with E-state index in [4.69, 9.17) is 0 Å². The maximum absolute atomic E-state index is 13.1. The number of hydrogen-bond acceptors (Lipinski definition) is 3. The normalized spacial score (nSPS) is 22.4. The molecule has 2 bridgehead atoms.